The summed E-state index contributed by atoms with van der Waals surface area (Å²) in [5.74, 6) is -1.57. The Morgan fingerprint density at radius 3 is 2.27 bits per heavy atom. The first-order valence-electron chi connectivity index (χ1n) is 4.18. The highest BCUT2D eigenvalue weighted by Crippen LogP contribution is 2.17. The van der Waals surface area contributed by atoms with E-state index in [1.54, 1.807) is 24.3 Å². The first-order chi connectivity index (χ1) is 7.06. The quantitative estimate of drug-likeness (QED) is 0.576. The fourth-order valence-electron chi connectivity index (χ4n) is 1.01. The summed E-state index contributed by atoms with van der Waals surface area (Å²) >= 11 is 3.28. The second kappa shape index (κ2) is 4.93. The zero-order valence-corrected chi connectivity index (χ0v) is 9.95. The number of rotatable bonds is 1. The summed E-state index contributed by atoms with van der Waals surface area (Å²) in [5.41, 5.74) is 0.633. The highest BCUT2D eigenvalue weighted by molar-refractivity contribution is 9.10. The lowest BCUT2D eigenvalue weighted by atomic mass is 10.3. The second-order valence-corrected chi connectivity index (χ2v) is 3.75. The number of amides is 1. The highest BCUT2D eigenvalue weighted by Gasteiger charge is 2.19. The predicted molar refractivity (Wildman–Crippen MR) is 59.6 cm³/mol. The molecule has 0 saturated carbocycles. The maximum absolute atomic E-state index is 11.4. The van der Waals surface area contributed by atoms with Crippen molar-refractivity contribution in [1.29, 1.82) is 0 Å². The molecule has 0 aliphatic heterocycles. The van der Waals surface area contributed by atoms with Gasteiger partial charge in [-0.1, -0.05) is 15.9 Å². The summed E-state index contributed by atoms with van der Waals surface area (Å²) in [6.07, 6.45) is 0. The van der Waals surface area contributed by atoms with Crippen LogP contribution in [0.1, 0.15) is 0 Å². The number of carbonyl (C=O) groups excluding carboxylic acids is 2. The number of methoxy groups -OCH3 is 1. The number of anilines is 1. The van der Waals surface area contributed by atoms with Crippen molar-refractivity contribution >= 4 is 33.5 Å². The number of likely N-dealkylation sites (N-methyl/N-ethyl adjacent to an activating group) is 1. The van der Waals surface area contributed by atoms with Crippen molar-refractivity contribution in [2.24, 2.45) is 0 Å². The van der Waals surface area contributed by atoms with Gasteiger partial charge in [0.15, 0.2) is 0 Å². The van der Waals surface area contributed by atoms with Crippen LogP contribution in [0.3, 0.4) is 0 Å². The molecule has 0 N–H and O–H groups in total. The van der Waals surface area contributed by atoms with Gasteiger partial charge in [0.05, 0.1) is 7.11 Å². The number of benzene rings is 1. The second-order valence-electron chi connectivity index (χ2n) is 2.83. The number of hydrogen-bond acceptors (Lipinski definition) is 3. The standard InChI is InChI=1S/C10H10BrNO3/c1-12(9(13)10(14)15-2)8-5-3-7(11)4-6-8/h3-6H,1-2H3. The third-order valence-corrected chi connectivity index (χ3v) is 2.41. The van der Waals surface area contributed by atoms with E-state index in [1.165, 1.54) is 19.1 Å². The van der Waals surface area contributed by atoms with Crippen molar-refractivity contribution in [1.82, 2.24) is 0 Å². The van der Waals surface area contributed by atoms with Gasteiger partial charge >= 0.3 is 11.9 Å². The summed E-state index contributed by atoms with van der Waals surface area (Å²) < 4.78 is 5.25. The van der Waals surface area contributed by atoms with E-state index in [0.29, 0.717) is 5.69 Å². The van der Waals surface area contributed by atoms with E-state index in [2.05, 4.69) is 20.7 Å². The number of hydrogen-bond donors (Lipinski definition) is 0. The monoisotopic (exact) mass is 271 g/mol. The Morgan fingerprint density at radius 1 is 1.27 bits per heavy atom. The van der Waals surface area contributed by atoms with Crippen LogP contribution in [-0.2, 0) is 14.3 Å². The molecule has 1 amide bonds. The summed E-state index contributed by atoms with van der Waals surface area (Å²) in [5, 5.41) is 0. The number of ether oxygens (including phenoxy) is 1. The Kier molecular flexibility index (Phi) is 3.85. The first-order valence-corrected chi connectivity index (χ1v) is 4.97. The van der Waals surface area contributed by atoms with E-state index in [9.17, 15) is 9.59 Å². The molecule has 0 aliphatic carbocycles. The van der Waals surface area contributed by atoms with Crippen LogP contribution < -0.4 is 4.90 Å². The molecule has 1 aromatic rings. The molecule has 0 aliphatic rings. The van der Waals surface area contributed by atoms with Gasteiger partial charge in [-0.3, -0.25) is 4.79 Å². The first kappa shape index (κ1) is 11.7. The van der Waals surface area contributed by atoms with Crippen molar-refractivity contribution < 1.29 is 14.3 Å². The molecule has 0 atom stereocenters. The van der Waals surface area contributed by atoms with Gasteiger partial charge in [0.2, 0.25) is 0 Å². The average Bonchev–Trinajstić information content (AvgIpc) is 2.27. The van der Waals surface area contributed by atoms with E-state index in [-0.39, 0.29) is 0 Å². The van der Waals surface area contributed by atoms with Gasteiger partial charge in [0.1, 0.15) is 0 Å². The summed E-state index contributed by atoms with van der Waals surface area (Å²) in [6.45, 7) is 0. The van der Waals surface area contributed by atoms with E-state index in [4.69, 9.17) is 0 Å². The molecule has 0 bridgehead atoms. The van der Waals surface area contributed by atoms with Gasteiger partial charge in [-0.2, -0.15) is 0 Å². The van der Waals surface area contributed by atoms with Gasteiger partial charge in [-0.25, -0.2) is 4.79 Å². The normalized spacial score (nSPS) is 9.53. The van der Waals surface area contributed by atoms with Gasteiger partial charge < -0.3 is 9.64 Å². The fraction of sp³-hybridized carbons (Fsp3) is 0.200. The Labute approximate surface area is 96.0 Å². The van der Waals surface area contributed by atoms with Gasteiger partial charge in [0, 0.05) is 17.2 Å². The molecule has 0 heterocycles. The Hall–Kier alpha value is -1.36. The molecular weight excluding hydrogens is 262 g/mol. The number of carbonyl (C=O) groups is 2. The molecule has 0 radical (unpaired) electrons. The molecular formula is C10H10BrNO3. The van der Waals surface area contributed by atoms with Gasteiger partial charge in [-0.15, -0.1) is 0 Å². The maximum Gasteiger partial charge on any atom is 0.397 e. The highest BCUT2D eigenvalue weighted by atomic mass is 79.9. The van der Waals surface area contributed by atoms with Crippen molar-refractivity contribution in [3.63, 3.8) is 0 Å². The largest absolute Gasteiger partial charge is 0.462 e. The minimum absolute atomic E-state index is 0.633. The van der Waals surface area contributed by atoms with E-state index in [1.807, 2.05) is 0 Å². The number of esters is 1. The van der Waals surface area contributed by atoms with Crippen LogP contribution in [0, 0.1) is 0 Å². The lowest BCUT2D eigenvalue weighted by Crippen LogP contribution is -2.33. The Bertz CT molecular complexity index is 375. The molecule has 0 saturated heterocycles. The lowest BCUT2D eigenvalue weighted by Gasteiger charge is -2.15. The lowest BCUT2D eigenvalue weighted by molar-refractivity contribution is -0.151. The average molecular weight is 272 g/mol. The van der Waals surface area contributed by atoms with E-state index in [0.717, 1.165) is 4.47 Å². The SMILES string of the molecule is COC(=O)C(=O)N(C)c1ccc(Br)cc1. The Balaban J connectivity index is 2.85. The molecule has 80 valence electrons. The van der Waals surface area contributed by atoms with Crippen LogP contribution in [0.2, 0.25) is 0 Å². The third-order valence-electron chi connectivity index (χ3n) is 1.88. The van der Waals surface area contributed by atoms with Gasteiger partial charge in [-0.05, 0) is 24.3 Å². The predicted octanol–water partition coefficient (Wildman–Crippen LogP) is 1.58. The molecule has 0 aromatic heterocycles. The molecule has 0 spiro atoms. The number of nitrogens with zero attached hydrogens (tertiary/aromatic N) is 1. The molecule has 4 nitrogen and oxygen atoms in total. The smallest absolute Gasteiger partial charge is 0.397 e. The zero-order valence-electron chi connectivity index (χ0n) is 8.36. The molecule has 0 fully saturated rings. The van der Waals surface area contributed by atoms with Crippen LogP contribution >= 0.6 is 15.9 Å². The fourth-order valence-corrected chi connectivity index (χ4v) is 1.27. The maximum atomic E-state index is 11.4. The van der Waals surface area contributed by atoms with Crippen LogP contribution in [-0.4, -0.2) is 26.0 Å². The molecule has 15 heavy (non-hydrogen) atoms. The molecule has 5 heteroatoms. The molecule has 1 rings (SSSR count). The summed E-state index contributed by atoms with van der Waals surface area (Å²) in [4.78, 5) is 23.6. The topological polar surface area (TPSA) is 46.6 Å². The van der Waals surface area contributed by atoms with E-state index < -0.39 is 11.9 Å². The summed E-state index contributed by atoms with van der Waals surface area (Å²) in [7, 11) is 2.69. The van der Waals surface area contributed by atoms with Crippen molar-refractivity contribution in [3.8, 4) is 0 Å². The van der Waals surface area contributed by atoms with Crippen LogP contribution in [0.15, 0.2) is 28.7 Å². The third kappa shape index (κ3) is 2.79. The summed E-state index contributed by atoms with van der Waals surface area (Å²) in [6, 6.07) is 7.03. The number of halogens is 1. The van der Waals surface area contributed by atoms with E-state index >= 15 is 0 Å². The van der Waals surface area contributed by atoms with Crippen LogP contribution in [0.4, 0.5) is 5.69 Å². The zero-order chi connectivity index (χ0) is 11.4. The minimum Gasteiger partial charge on any atom is -0.462 e. The van der Waals surface area contributed by atoms with Crippen molar-refractivity contribution in [2.75, 3.05) is 19.1 Å². The molecule has 0 unspecified atom stereocenters. The van der Waals surface area contributed by atoms with Gasteiger partial charge in [0.25, 0.3) is 0 Å². The minimum atomic E-state index is -0.875. The van der Waals surface area contributed by atoms with Crippen molar-refractivity contribution in [3.05, 3.63) is 28.7 Å². The van der Waals surface area contributed by atoms with Crippen LogP contribution in [0.5, 0.6) is 0 Å². The molecule has 1 aromatic carbocycles. The van der Waals surface area contributed by atoms with Crippen LogP contribution in [0.25, 0.3) is 0 Å². The Morgan fingerprint density at radius 2 is 1.80 bits per heavy atom. The van der Waals surface area contributed by atoms with Crippen molar-refractivity contribution in [2.45, 2.75) is 0 Å².